The van der Waals surface area contributed by atoms with Crippen LogP contribution in [0.5, 0.6) is 0 Å². The second-order valence-electron chi connectivity index (χ2n) is 4.79. The molecule has 1 aromatic carbocycles. The van der Waals surface area contributed by atoms with Gasteiger partial charge in [-0.1, -0.05) is 25.4 Å². The fraction of sp³-hybridized carbons (Fsp3) is 0.385. The molecule has 0 saturated carbocycles. The number of halogens is 1. The second-order valence-corrected chi connectivity index (χ2v) is 6.24. The van der Waals surface area contributed by atoms with E-state index < -0.39 is 22.8 Å². The molecule has 0 bridgehead atoms. The van der Waals surface area contributed by atoms with Gasteiger partial charge in [-0.05, 0) is 18.1 Å². The van der Waals surface area contributed by atoms with Gasteiger partial charge in [0.15, 0.2) is 0 Å². The molecule has 1 rings (SSSR count). The lowest BCUT2D eigenvalue weighted by molar-refractivity contribution is -0.387. The molecule has 0 aliphatic heterocycles. The van der Waals surface area contributed by atoms with Crippen LogP contribution in [0.3, 0.4) is 0 Å². The fourth-order valence-electron chi connectivity index (χ4n) is 1.63. The van der Waals surface area contributed by atoms with Gasteiger partial charge in [0.05, 0.1) is 15.6 Å². The molecule has 2 N–H and O–H groups in total. The van der Waals surface area contributed by atoms with E-state index in [0.717, 1.165) is 11.8 Å². The average Bonchev–Trinajstić information content (AvgIpc) is 2.42. The maximum atomic E-state index is 11.8. The van der Waals surface area contributed by atoms with Crippen LogP contribution in [0.15, 0.2) is 23.1 Å². The predicted octanol–water partition coefficient (Wildman–Crippen LogP) is 2.57. The zero-order chi connectivity index (χ0) is 16.9. The highest BCUT2D eigenvalue weighted by molar-refractivity contribution is 8.00. The molecule has 7 nitrogen and oxygen atoms in total. The molecule has 0 unspecified atom stereocenters. The van der Waals surface area contributed by atoms with E-state index >= 15 is 0 Å². The minimum atomic E-state index is -1.12. The van der Waals surface area contributed by atoms with Gasteiger partial charge in [0.1, 0.15) is 6.04 Å². The molecule has 0 heterocycles. The normalized spacial score (nSPS) is 12.0. The van der Waals surface area contributed by atoms with Gasteiger partial charge in [0.2, 0.25) is 5.91 Å². The lowest BCUT2D eigenvalue weighted by atomic mass is 10.1. The summed E-state index contributed by atoms with van der Waals surface area (Å²) in [6.07, 6.45) is 0. The maximum absolute atomic E-state index is 11.8. The van der Waals surface area contributed by atoms with Crippen molar-refractivity contribution in [2.24, 2.45) is 5.92 Å². The van der Waals surface area contributed by atoms with E-state index in [2.05, 4.69) is 5.32 Å². The summed E-state index contributed by atoms with van der Waals surface area (Å²) in [6.45, 7) is 3.35. The zero-order valence-corrected chi connectivity index (χ0v) is 13.5. The molecule has 22 heavy (non-hydrogen) atoms. The van der Waals surface area contributed by atoms with E-state index in [1.54, 1.807) is 13.8 Å². The first kappa shape index (κ1) is 18.2. The van der Waals surface area contributed by atoms with E-state index in [0.29, 0.717) is 4.90 Å². The maximum Gasteiger partial charge on any atom is 0.326 e. The molecule has 1 aromatic rings. The van der Waals surface area contributed by atoms with Crippen molar-refractivity contribution in [3.05, 3.63) is 33.3 Å². The molecule has 0 aromatic heterocycles. The number of thioether (sulfide) groups is 1. The van der Waals surface area contributed by atoms with Gasteiger partial charge in [-0.15, -0.1) is 11.8 Å². The van der Waals surface area contributed by atoms with Crippen molar-refractivity contribution in [3.8, 4) is 0 Å². The smallest absolute Gasteiger partial charge is 0.326 e. The molecule has 0 saturated heterocycles. The highest BCUT2D eigenvalue weighted by atomic mass is 35.5. The van der Waals surface area contributed by atoms with Crippen LogP contribution >= 0.6 is 23.4 Å². The van der Waals surface area contributed by atoms with Crippen LogP contribution in [0, 0.1) is 16.0 Å². The Balaban J connectivity index is 2.72. The Bertz CT molecular complexity index is 594. The largest absolute Gasteiger partial charge is 0.480 e. The summed E-state index contributed by atoms with van der Waals surface area (Å²) in [5.41, 5.74) is -0.191. The van der Waals surface area contributed by atoms with Crippen LogP contribution in [-0.4, -0.2) is 33.7 Å². The van der Waals surface area contributed by atoms with Crippen LogP contribution in [0.2, 0.25) is 5.02 Å². The molecule has 0 aliphatic carbocycles. The summed E-state index contributed by atoms with van der Waals surface area (Å²) in [6, 6.07) is 3.15. The molecule has 0 aliphatic rings. The number of amides is 1. The minimum Gasteiger partial charge on any atom is -0.480 e. The number of nitrogens with zero attached hydrogens (tertiary/aromatic N) is 1. The number of aliphatic carboxylic acids is 1. The number of nitrogens with one attached hydrogen (secondary N) is 1. The number of hydrogen-bond acceptors (Lipinski definition) is 5. The number of carboxylic acid groups (broad SMARTS) is 1. The van der Waals surface area contributed by atoms with Crippen molar-refractivity contribution in [1.82, 2.24) is 5.32 Å². The highest BCUT2D eigenvalue weighted by Gasteiger charge is 2.24. The third kappa shape index (κ3) is 5.19. The molecule has 1 amide bonds. The quantitative estimate of drug-likeness (QED) is 0.446. The van der Waals surface area contributed by atoms with Gasteiger partial charge < -0.3 is 10.4 Å². The molecular weight excluding hydrogens is 332 g/mol. The van der Waals surface area contributed by atoms with E-state index in [1.165, 1.54) is 18.2 Å². The summed E-state index contributed by atoms with van der Waals surface area (Å²) in [5.74, 6) is -2.02. The Hall–Kier alpha value is -1.80. The van der Waals surface area contributed by atoms with Crippen LogP contribution in [-0.2, 0) is 9.59 Å². The number of rotatable bonds is 7. The van der Waals surface area contributed by atoms with Crippen molar-refractivity contribution in [1.29, 1.82) is 0 Å². The van der Waals surface area contributed by atoms with Gasteiger partial charge in [0.25, 0.3) is 5.69 Å². The number of carboxylic acids is 1. The summed E-state index contributed by atoms with van der Waals surface area (Å²) in [7, 11) is 0. The van der Waals surface area contributed by atoms with E-state index in [-0.39, 0.29) is 22.4 Å². The number of hydrogen-bond donors (Lipinski definition) is 2. The summed E-state index contributed by atoms with van der Waals surface area (Å²) >= 11 is 6.66. The van der Waals surface area contributed by atoms with Gasteiger partial charge in [-0.25, -0.2) is 4.79 Å². The molecule has 120 valence electrons. The lowest BCUT2D eigenvalue weighted by Crippen LogP contribution is -2.45. The molecular formula is C13H15ClN2O5S. The van der Waals surface area contributed by atoms with Crippen LogP contribution in [0.4, 0.5) is 5.69 Å². The second kappa shape index (κ2) is 8.00. The Kier molecular flexibility index (Phi) is 6.63. The topological polar surface area (TPSA) is 110 Å². The van der Waals surface area contributed by atoms with Crippen LogP contribution in [0.25, 0.3) is 0 Å². The Labute approximate surface area is 136 Å². The van der Waals surface area contributed by atoms with Crippen molar-refractivity contribution in [3.63, 3.8) is 0 Å². The number of benzene rings is 1. The van der Waals surface area contributed by atoms with Crippen LogP contribution < -0.4 is 5.32 Å². The molecule has 0 fully saturated rings. The van der Waals surface area contributed by atoms with Crippen molar-refractivity contribution in [2.45, 2.75) is 24.8 Å². The summed E-state index contributed by atoms with van der Waals surface area (Å²) < 4.78 is 0. The highest BCUT2D eigenvalue weighted by Crippen LogP contribution is 2.31. The molecule has 9 heteroatoms. The Morgan fingerprint density at radius 3 is 2.59 bits per heavy atom. The van der Waals surface area contributed by atoms with Gasteiger partial charge in [-0.3, -0.25) is 14.9 Å². The first-order chi connectivity index (χ1) is 10.2. The molecule has 1 atom stereocenters. The standard InChI is InChI=1S/C13H15ClN2O5S/c1-7(2)12(13(18)19)15-11(17)6-22-10-4-3-8(14)5-9(10)16(20)21/h3-5,7,12H,6H2,1-2H3,(H,15,17)(H,18,19)/t12-/m0/s1. The van der Waals surface area contributed by atoms with Crippen molar-refractivity contribution < 1.29 is 19.6 Å². The Morgan fingerprint density at radius 1 is 1.45 bits per heavy atom. The average molecular weight is 347 g/mol. The van der Waals surface area contributed by atoms with Crippen LogP contribution in [0.1, 0.15) is 13.8 Å². The number of carbonyl (C=O) groups is 2. The van der Waals surface area contributed by atoms with Gasteiger partial charge in [-0.2, -0.15) is 0 Å². The number of carbonyl (C=O) groups excluding carboxylic acids is 1. The van der Waals surface area contributed by atoms with E-state index in [4.69, 9.17) is 16.7 Å². The number of nitro groups is 1. The van der Waals surface area contributed by atoms with Gasteiger partial charge in [0, 0.05) is 11.1 Å². The molecule has 0 spiro atoms. The SMILES string of the molecule is CC(C)[C@H](NC(=O)CSc1ccc(Cl)cc1[N+](=O)[O-])C(=O)O. The molecule has 0 radical (unpaired) electrons. The van der Waals surface area contributed by atoms with Crippen molar-refractivity contribution >= 4 is 40.9 Å². The summed E-state index contributed by atoms with van der Waals surface area (Å²) in [4.78, 5) is 33.4. The zero-order valence-electron chi connectivity index (χ0n) is 11.9. The number of nitro benzene ring substituents is 1. The fourth-order valence-corrected chi connectivity index (χ4v) is 2.61. The predicted molar refractivity (Wildman–Crippen MR) is 83.2 cm³/mol. The minimum absolute atomic E-state index is 0.126. The lowest BCUT2D eigenvalue weighted by Gasteiger charge is -2.17. The first-order valence-electron chi connectivity index (χ1n) is 6.31. The van der Waals surface area contributed by atoms with Crippen molar-refractivity contribution in [2.75, 3.05) is 5.75 Å². The van der Waals surface area contributed by atoms with E-state index in [1.807, 2.05) is 0 Å². The first-order valence-corrected chi connectivity index (χ1v) is 7.67. The third-order valence-corrected chi connectivity index (χ3v) is 4.02. The monoisotopic (exact) mass is 346 g/mol. The Morgan fingerprint density at radius 2 is 2.09 bits per heavy atom. The van der Waals surface area contributed by atoms with Gasteiger partial charge >= 0.3 is 5.97 Å². The third-order valence-electron chi connectivity index (χ3n) is 2.73. The van der Waals surface area contributed by atoms with E-state index in [9.17, 15) is 19.7 Å². The summed E-state index contributed by atoms with van der Waals surface area (Å²) in [5, 5.41) is 22.5.